The van der Waals surface area contributed by atoms with Gasteiger partial charge < -0.3 is 5.32 Å². The van der Waals surface area contributed by atoms with Crippen molar-refractivity contribution in [2.24, 2.45) is 0 Å². The van der Waals surface area contributed by atoms with Crippen LogP contribution in [0.5, 0.6) is 0 Å². The predicted octanol–water partition coefficient (Wildman–Crippen LogP) is 2.75. The standard InChI is InChI=1S/C11H11BrFNO2/c1-6(12)11(16)9-4-3-8(5-10(9)13)14-7(2)15/h3-6H,1-2H3,(H,14,15). The summed E-state index contributed by atoms with van der Waals surface area (Å²) in [4.78, 5) is 21.8. The number of benzene rings is 1. The second kappa shape index (κ2) is 5.21. The summed E-state index contributed by atoms with van der Waals surface area (Å²) in [6, 6.07) is 3.98. The summed E-state index contributed by atoms with van der Waals surface area (Å²) in [6.45, 7) is 2.96. The van der Waals surface area contributed by atoms with Crippen molar-refractivity contribution in [1.29, 1.82) is 0 Å². The molecular weight excluding hydrogens is 277 g/mol. The molecule has 0 aliphatic heterocycles. The maximum absolute atomic E-state index is 13.5. The predicted molar refractivity (Wildman–Crippen MR) is 63.4 cm³/mol. The van der Waals surface area contributed by atoms with E-state index < -0.39 is 10.6 Å². The van der Waals surface area contributed by atoms with Crippen molar-refractivity contribution < 1.29 is 14.0 Å². The molecule has 1 aromatic rings. The van der Waals surface area contributed by atoms with E-state index in [4.69, 9.17) is 0 Å². The average molecular weight is 288 g/mol. The van der Waals surface area contributed by atoms with Gasteiger partial charge in [-0.1, -0.05) is 15.9 Å². The molecule has 1 amide bonds. The highest BCUT2D eigenvalue weighted by molar-refractivity contribution is 9.10. The Morgan fingerprint density at radius 1 is 1.44 bits per heavy atom. The molecule has 0 aliphatic carbocycles. The largest absolute Gasteiger partial charge is 0.326 e. The molecule has 0 spiro atoms. The molecule has 3 nitrogen and oxygen atoms in total. The van der Waals surface area contributed by atoms with Crippen molar-refractivity contribution in [3.8, 4) is 0 Å². The number of amides is 1. The van der Waals surface area contributed by atoms with Crippen LogP contribution in [-0.2, 0) is 4.79 Å². The number of nitrogens with one attached hydrogen (secondary N) is 1. The first-order valence-corrected chi connectivity index (χ1v) is 5.59. The molecule has 0 heterocycles. The Morgan fingerprint density at radius 2 is 2.06 bits per heavy atom. The van der Waals surface area contributed by atoms with Gasteiger partial charge in [-0.05, 0) is 25.1 Å². The van der Waals surface area contributed by atoms with Crippen LogP contribution in [0.15, 0.2) is 18.2 Å². The zero-order chi connectivity index (χ0) is 12.3. The number of carbonyl (C=O) groups is 2. The van der Waals surface area contributed by atoms with Crippen LogP contribution in [-0.4, -0.2) is 16.5 Å². The van der Waals surface area contributed by atoms with E-state index in [1.54, 1.807) is 6.92 Å². The van der Waals surface area contributed by atoms with Crippen LogP contribution in [0, 0.1) is 5.82 Å². The van der Waals surface area contributed by atoms with E-state index >= 15 is 0 Å². The van der Waals surface area contributed by atoms with Gasteiger partial charge in [0.15, 0.2) is 5.78 Å². The molecule has 86 valence electrons. The maximum Gasteiger partial charge on any atom is 0.221 e. The minimum atomic E-state index is -0.637. The fraction of sp³-hybridized carbons (Fsp3) is 0.273. The Labute approximate surface area is 101 Å². The summed E-state index contributed by atoms with van der Waals surface area (Å²) in [5.74, 6) is -1.25. The van der Waals surface area contributed by atoms with Gasteiger partial charge in [0.2, 0.25) is 5.91 Å². The molecule has 1 unspecified atom stereocenters. The lowest BCUT2D eigenvalue weighted by atomic mass is 10.1. The van der Waals surface area contributed by atoms with Gasteiger partial charge in [0.25, 0.3) is 0 Å². The number of Topliss-reactive ketones (excluding diaryl/α,β-unsaturated/α-hetero) is 1. The third-order valence-corrected chi connectivity index (χ3v) is 2.33. The third-order valence-electron chi connectivity index (χ3n) is 1.92. The molecule has 16 heavy (non-hydrogen) atoms. The van der Waals surface area contributed by atoms with E-state index in [2.05, 4.69) is 21.2 Å². The number of hydrogen-bond acceptors (Lipinski definition) is 2. The SMILES string of the molecule is CC(=O)Nc1ccc(C(=O)C(C)Br)c(F)c1. The number of rotatable bonds is 3. The van der Waals surface area contributed by atoms with Gasteiger partial charge in [-0.15, -0.1) is 0 Å². The van der Waals surface area contributed by atoms with Gasteiger partial charge in [-0.3, -0.25) is 9.59 Å². The quantitative estimate of drug-likeness (QED) is 0.686. The molecule has 0 aliphatic rings. The van der Waals surface area contributed by atoms with Gasteiger partial charge in [0, 0.05) is 12.6 Å². The van der Waals surface area contributed by atoms with E-state index in [1.807, 2.05) is 0 Å². The first-order valence-electron chi connectivity index (χ1n) is 4.67. The zero-order valence-corrected chi connectivity index (χ0v) is 10.5. The number of ketones is 1. The Balaban J connectivity index is 3.00. The summed E-state index contributed by atoms with van der Waals surface area (Å²) in [7, 11) is 0. The highest BCUT2D eigenvalue weighted by Crippen LogP contribution is 2.18. The Bertz CT molecular complexity index is 432. The van der Waals surface area contributed by atoms with E-state index in [0.29, 0.717) is 5.69 Å². The minimum absolute atomic E-state index is 0.0125. The van der Waals surface area contributed by atoms with Crippen LogP contribution in [0.2, 0.25) is 0 Å². The molecule has 0 saturated heterocycles. The summed E-state index contributed by atoms with van der Waals surface area (Å²) < 4.78 is 13.5. The molecule has 0 radical (unpaired) electrons. The summed E-state index contributed by atoms with van der Waals surface area (Å²) in [5.41, 5.74) is 0.349. The first kappa shape index (κ1) is 12.8. The number of alkyl halides is 1. The van der Waals surface area contributed by atoms with Crippen molar-refractivity contribution in [2.75, 3.05) is 5.32 Å². The Kier molecular flexibility index (Phi) is 4.18. The highest BCUT2D eigenvalue weighted by Gasteiger charge is 2.16. The van der Waals surface area contributed by atoms with Gasteiger partial charge in [-0.2, -0.15) is 0 Å². The molecular formula is C11H11BrFNO2. The topological polar surface area (TPSA) is 46.2 Å². The third kappa shape index (κ3) is 3.13. The number of halogens is 2. The molecule has 1 rings (SSSR count). The highest BCUT2D eigenvalue weighted by atomic mass is 79.9. The van der Waals surface area contributed by atoms with Crippen molar-refractivity contribution >= 4 is 33.3 Å². The lowest BCUT2D eigenvalue weighted by molar-refractivity contribution is -0.114. The summed E-state index contributed by atoms with van der Waals surface area (Å²) >= 11 is 3.08. The summed E-state index contributed by atoms with van der Waals surface area (Å²) in [6.07, 6.45) is 0. The second-order valence-corrected chi connectivity index (χ2v) is 4.73. The van der Waals surface area contributed by atoms with E-state index in [9.17, 15) is 14.0 Å². The van der Waals surface area contributed by atoms with Crippen LogP contribution in [0.1, 0.15) is 24.2 Å². The first-order chi connectivity index (χ1) is 7.41. The molecule has 1 atom stereocenters. The lowest BCUT2D eigenvalue weighted by Gasteiger charge is -2.07. The van der Waals surface area contributed by atoms with Crippen molar-refractivity contribution in [3.63, 3.8) is 0 Å². The average Bonchev–Trinajstić information content (AvgIpc) is 2.15. The summed E-state index contributed by atoms with van der Waals surface area (Å²) in [5, 5.41) is 2.44. The van der Waals surface area contributed by atoms with E-state index in [0.717, 1.165) is 6.07 Å². The minimum Gasteiger partial charge on any atom is -0.326 e. The molecule has 0 aromatic heterocycles. The number of carbonyl (C=O) groups excluding carboxylic acids is 2. The van der Waals surface area contributed by atoms with E-state index in [-0.39, 0.29) is 17.3 Å². The molecule has 1 aromatic carbocycles. The Morgan fingerprint density at radius 3 is 2.50 bits per heavy atom. The smallest absolute Gasteiger partial charge is 0.221 e. The van der Waals surface area contributed by atoms with Crippen LogP contribution in [0.4, 0.5) is 10.1 Å². The van der Waals surface area contributed by atoms with Gasteiger partial charge >= 0.3 is 0 Å². The molecule has 1 N–H and O–H groups in total. The molecule has 0 saturated carbocycles. The lowest BCUT2D eigenvalue weighted by Crippen LogP contribution is -2.13. The van der Waals surface area contributed by atoms with Crippen molar-refractivity contribution in [1.82, 2.24) is 0 Å². The fourth-order valence-corrected chi connectivity index (χ4v) is 1.46. The molecule has 0 bridgehead atoms. The van der Waals surface area contributed by atoms with Gasteiger partial charge in [-0.25, -0.2) is 4.39 Å². The number of anilines is 1. The maximum atomic E-state index is 13.5. The van der Waals surface area contributed by atoms with Crippen LogP contribution in [0.25, 0.3) is 0 Å². The molecule has 5 heteroatoms. The van der Waals surface area contributed by atoms with Crippen molar-refractivity contribution in [2.45, 2.75) is 18.7 Å². The second-order valence-electron chi connectivity index (χ2n) is 3.36. The van der Waals surface area contributed by atoms with Crippen LogP contribution < -0.4 is 5.32 Å². The zero-order valence-electron chi connectivity index (χ0n) is 8.88. The van der Waals surface area contributed by atoms with E-state index in [1.165, 1.54) is 19.1 Å². The van der Waals surface area contributed by atoms with Gasteiger partial charge in [0.1, 0.15) is 5.82 Å². The Hall–Kier alpha value is -1.23. The van der Waals surface area contributed by atoms with Crippen LogP contribution in [0.3, 0.4) is 0 Å². The molecule has 0 fully saturated rings. The fourth-order valence-electron chi connectivity index (χ4n) is 1.21. The normalized spacial score (nSPS) is 12.0. The monoisotopic (exact) mass is 287 g/mol. The van der Waals surface area contributed by atoms with Crippen LogP contribution >= 0.6 is 15.9 Å². The van der Waals surface area contributed by atoms with Crippen molar-refractivity contribution in [3.05, 3.63) is 29.6 Å². The van der Waals surface area contributed by atoms with Gasteiger partial charge in [0.05, 0.1) is 10.4 Å². The number of hydrogen-bond donors (Lipinski definition) is 1.